The number of hydrogen-bond donors (Lipinski definition) is 1. The molecule has 0 amide bonds. The SMILES string of the molecule is CC1C(O)OC(c2nnc3ncccn23)[C@@H](C)[C@@H]1C. The lowest BCUT2D eigenvalue weighted by molar-refractivity contribution is -0.229. The van der Waals surface area contributed by atoms with Gasteiger partial charge in [0.05, 0.1) is 0 Å². The molecule has 6 nitrogen and oxygen atoms in total. The molecule has 0 aromatic carbocycles. The molecule has 1 saturated heterocycles. The van der Waals surface area contributed by atoms with Crippen molar-refractivity contribution >= 4 is 5.78 Å². The minimum Gasteiger partial charge on any atom is -0.368 e. The molecule has 6 heteroatoms. The maximum atomic E-state index is 10.0. The van der Waals surface area contributed by atoms with Crippen LogP contribution in [0.15, 0.2) is 18.5 Å². The van der Waals surface area contributed by atoms with Gasteiger partial charge in [-0.15, -0.1) is 10.2 Å². The molecule has 3 rings (SSSR count). The normalized spacial score (nSPS) is 35.7. The van der Waals surface area contributed by atoms with E-state index in [1.165, 1.54) is 0 Å². The summed E-state index contributed by atoms with van der Waals surface area (Å²) in [6, 6.07) is 1.83. The van der Waals surface area contributed by atoms with Crippen molar-refractivity contribution in [3.05, 3.63) is 24.3 Å². The molecule has 3 heterocycles. The summed E-state index contributed by atoms with van der Waals surface area (Å²) in [4.78, 5) is 4.15. The second-order valence-corrected chi connectivity index (χ2v) is 5.37. The number of aromatic nitrogens is 4. The number of ether oxygens (including phenoxy) is 1. The van der Waals surface area contributed by atoms with Crippen LogP contribution in [-0.2, 0) is 4.74 Å². The van der Waals surface area contributed by atoms with Crippen LogP contribution in [0.5, 0.6) is 0 Å². The van der Waals surface area contributed by atoms with Crippen LogP contribution in [0, 0.1) is 17.8 Å². The molecule has 0 aliphatic carbocycles. The van der Waals surface area contributed by atoms with Crippen LogP contribution in [0.1, 0.15) is 32.7 Å². The Balaban J connectivity index is 2.01. The highest BCUT2D eigenvalue weighted by Gasteiger charge is 2.40. The highest BCUT2D eigenvalue weighted by molar-refractivity contribution is 5.27. The molecule has 0 bridgehead atoms. The topological polar surface area (TPSA) is 72.5 Å². The van der Waals surface area contributed by atoms with E-state index in [4.69, 9.17) is 4.74 Å². The smallest absolute Gasteiger partial charge is 0.255 e. The number of hydrogen-bond acceptors (Lipinski definition) is 5. The Morgan fingerprint density at radius 1 is 1.16 bits per heavy atom. The standard InChI is InChI=1S/C13H18N4O2/c1-7-8(2)10(19-12(18)9(7)3)11-15-16-13-14-5-4-6-17(11)13/h4-10,12,18H,1-3H3/t7-,8-,9?,10?,12?/m0/s1. The number of nitrogens with zero attached hydrogens (tertiary/aromatic N) is 4. The third-order valence-corrected chi connectivity index (χ3v) is 4.34. The Hall–Kier alpha value is -1.53. The molecule has 0 radical (unpaired) electrons. The molecule has 2 aromatic heterocycles. The lowest BCUT2D eigenvalue weighted by Crippen LogP contribution is -2.41. The van der Waals surface area contributed by atoms with Gasteiger partial charge in [0.1, 0.15) is 6.10 Å². The summed E-state index contributed by atoms with van der Waals surface area (Å²) in [5.74, 6) is 1.97. The summed E-state index contributed by atoms with van der Waals surface area (Å²) in [5, 5.41) is 18.2. The minimum atomic E-state index is -0.764. The molecule has 1 N–H and O–H groups in total. The molecule has 1 fully saturated rings. The molecule has 1 aliphatic rings. The van der Waals surface area contributed by atoms with Gasteiger partial charge in [0.15, 0.2) is 12.1 Å². The van der Waals surface area contributed by atoms with Crippen molar-refractivity contribution in [1.82, 2.24) is 19.6 Å². The maximum absolute atomic E-state index is 10.0. The zero-order valence-electron chi connectivity index (χ0n) is 11.3. The van der Waals surface area contributed by atoms with E-state index in [2.05, 4.69) is 29.0 Å². The van der Waals surface area contributed by atoms with Crippen LogP contribution in [0.4, 0.5) is 0 Å². The zero-order chi connectivity index (χ0) is 13.6. The number of aliphatic hydroxyl groups is 1. The second kappa shape index (κ2) is 4.54. The van der Waals surface area contributed by atoms with Crippen molar-refractivity contribution in [3.8, 4) is 0 Å². The van der Waals surface area contributed by atoms with Crippen LogP contribution in [0.2, 0.25) is 0 Å². The Kier molecular flexibility index (Phi) is 2.99. The summed E-state index contributed by atoms with van der Waals surface area (Å²) >= 11 is 0. The molecule has 102 valence electrons. The van der Waals surface area contributed by atoms with Gasteiger partial charge in [0.2, 0.25) is 0 Å². The summed E-state index contributed by atoms with van der Waals surface area (Å²) in [7, 11) is 0. The van der Waals surface area contributed by atoms with Crippen LogP contribution < -0.4 is 0 Å². The quantitative estimate of drug-likeness (QED) is 0.841. The predicted molar refractivity (Wildman–Crippen MR) is 68.1 cm³/mol. The van der Waals surface area contributed by atoms with Gasteiger partial charge in [-0.2, -0.15) is 0 Å². The third kappa shape index (κ3) is 1.91. The van der Waals surface area contributed by atoms with Gasteiger partial charge >= 0.3 is 0 Å². The highest BCUT2D eigenvalue weighted by atomic mass is 16.6. The Labute approximate surface area is 111 Å². The van der Waals surface area contributed by atoms with E-state index in [0.717, 1.165) is 0 Å². The first-order valence-electron chi connectivity index (χ1n) is 6.58. The average Bonchev–Trinajstić information content (AvgIpc) is 2.84. The average molecular weight is 262 g/mol. The van der Waals surface area contributed by atoms with Crippen molar-refractivity contribution in [2.24, 2.45) is 17.8 Å². The lowest BCUT2D eigenvalue weighted by atomic mass is 9.79. The molecular weight excluding hydrogens is 244 g/mol. The molecule has 5 atom stereocenters. The van der Waals surface area contributed by atoms with Gasteiger partial charge in [0.25, 0.3) is 5.78 Å². The molecule has 0 saturated carbocycles. The molecule has 0 spiro atoms. The van der Waals surface area contributed by atoms with E-state index >= 15 is 0 Å². The highest BCUT2D eigenvalue weighted by Crippen LogP contribution is 2.41. The molecular formula is C13H18N4O2. The largest absolute Gasteiger partial charge is 0.368 e. The number of aliphatic hydroxyl groups excluding tert-OH is 1. The van der Waals surface area contributed by atoms with Crippen LogP contribution in [0.3, 0.4) is 0 Å². The van der Waals surface area contributed by atoms with E-state index < -0.39 is 6.29 Å². The third-order valence-electron chi connectivity index (χ3n) is 4.34. The Morgan fingerprint density at radius 2 is 1.95 bits per heavy atom. The summed E-state index contributed by atoms with van der Waals surface area (Å²) in [6.07, 6.45) is 2.52. The van der Waals surface area contributed by atoms with E-state index in [0.29, 0.717) is 17.5 Å². The van der Waals surface area contributed by atoms with Crippen molar-refractivity contribution in [3.63, 3.8) is 0 Å². The monoisotopic (exact) mass is 262 g/mol. The number of fused-ring (bicyclic) bond motifs is 1. The van der Waals surface area contributed by atoms with Crippen molar-refractivity contribution in [1.29, 1.82) is 0 Å². The molecule has 2 aromatic rings. The fraction of sp³-hybridized carbons (Fsp3) is 0.615. The van der Waals surface area contributed by atoms with Gasteiger partial charge in [0, 0.05) is 18.3 Å². The first-order valence-corrected chi connectivity index (χ1v) is 6.58. The van der Waals surface area contributed by atoms with E-state index in [9.17, 15) is 5.11 Å². The summed E-state index contributed by atoms with van der Waals surface area (Å²) in [5.41, 5.74) is 0. The van der Waals surface area contributed by atoms with Gasteiger partial charge in [-0.05, 0) is 17.9 Å². The molecule has 1 aliphatic heterocycles. The van der Waals surface area contributed by atoms with Gasteiger partial charge < -0.3 is 9.84 Å². The lowest BCUT2D eigenvalue weighted by Gasteiger charge is -2.40. The first-order chi connectivity index (χ1) is 9.09. The maximum Gasteiger partial charge on any atom is 0.255 e. The van der Waals surface area contributed by atoms with Gasteiger partial charge in [-0.25, -0.2) is 4.98 Å². The summed E-state index contributed by atoms with van der Waals surface area (Å²) in [6.45, 7) is 6.26. The molecule has 3 unspecified atom stereocenters. The second-order valence-electron chi connectivity index (χ2n) is 5.37. The summed E-state index contributed by atoms with van der Waals surface area (Å²) < 4.78 is 7.55. The van der Waals surface area contributed by atoms with Crippen molar-refractivity contribution < 1.29 is 9.84 Å². The predicted octanol–water partition coefficient (Wildman–Crippen LogP) is 1.42. The van der Waals surface area contributed by atoms with E-state index in [1.807, 2.05) is 23.6 Å². The van der Waals surface area contributed by atoms with Crippen LogP contribution in [0.25, 0.3) is 5.78 Å². The van der Waals surface area contributed by atoms with Crippen LogP contribution in [-0.4, -0.2) is 31.0 Å². The first kappa shape index (κ1) is 12.5. The van der Waals surface area contributed by atoms with Gasteiger partial charge in [-0.3, -0.25) is 4.40 Å². The van der Waals surface area contributed by atoms with Crippen molar-refractivity contribution in [2.45, 2.75) is 33.2 Å². The number of rotatable bonds is 1. The fourth-order valence-electron chi connectivity index (χ4n) is 2.66. The Bertz CT molecular complexity index is 585. The minimum absolute atomic E-state index is 0.114. The van der Waals surface area contributed by atoms with Crippen molar-refractivity contribution in [2.75, 3.05) is 0 Å². The molecule has 19 heavy (non-hydrogen) atoms. The van der Waals surface area contributed by atoms with E-state index in [-0.39, 0.29) is 17.9 Å². The van der Waals surface area contributed by atoms with Crippen LogP contribution >= 0.6 is 0 Å². The Morgan fingerprint density at radius 3 is 2.74 bits per heavy atom. The van der Waals surface area contributed by atoms with Gasteiger partial charge in [-0.1, -0.05) is 20.8 Å². The van der Waals surface area contributed by atoms with E-state index in [1.54, 1.807) is 6.20 Å². The fourth-order valence-corrected chi connectivity index (χ4v) is 2.66. The zero-order valence-corrected chi connectivity index (χ0v) is 11.3.